The molecular formula is C13H15FN2O. The first-order valence-electron chi connectivity index (χ1n) is 5.33. The molecule has 0 saturated heterocycles. The summed E-state index contributed by atoms with van der Waals surface area (Å²) < 4.78 is 18.8. The van der Waals surface area contributed by atoms with E-state index < -0.39 is 5.82 Å². The van der Waals surface area contributed by atoms with Gasteiger partial charge in [-0.3, -0.25) is 0 Å². The van der Waals surface area contributed by atoms with Crippen LogP contribution in [0.4, 0.5) is 10.1 Å². The molecule has 1 atom stereocenters. The van der Waals surface area contributed by atoms with Gasteiger partial charge in [0, 0.05) is 6.54 Å². The van der Waals surface area contributed by atoms with Crippen molar-refractivity contribution in [1.82, 2.24) is 0 Å². The molecule has 0 aliphatic rings. The molecule has 1 aromatic carbocycles. The summed E-state index contributed by atoms with van der Waals surface area (Å²) in [6.45, 7) is 6.40. The Balaban J connectivity index is 2.52. The molecule has 0 fully saturated rings. The molecule has 1 unspecified atom stereocenters. The summed E-state index contributed by atoms with van der Waals surface area (Å²) in [6.07, 6.45) is 1.63. The Kier molecular flexibility index (Phi) is 5.18. The van der Waals surface area contributed by atoms with Crippen molar-refractivity contribution in [2.75, 3.05) is 18.5 Å². The maximum atomic E-state index is 13.5. The minimum absolute atomic E-state index is 0.0388. The van der Waals surface area contributed by atoms with Crippen LogP contribution in [-0.2, 0) is 4.74 Å². The van der Waals surface area contributed by atoms with Gasteiger partial charge in [-0.25, -0.2) is 4.39 Å². The normalized spacial score (nSPS) is 11.6. The number of nitriles is 1. The molecule has 17 heavy (non-hydrogen) atoms. The van der Waals surface area contributed by atoms with Crippen molar-refractivity contribution in [1.29, 1.82) is 5.26 Å². The first-order chi connectivity index (χ1) is 8.17. The van der Waals surface area contributed by atoms with Crippen LogP contribution in [-0.4, -0.2) is 19.3 Å². The van der Waals surface area contributed by atoms with E-state index in [9.17, 15) is 4.39 Å². The summed E-state index contributed by atoms with van der Waals surface area (Å²) in [7, 11) is 0. The van der Waals surface area contributed by atoms with Crippen molar-refractivity contribution in [3.63, 3.8) is 0 Å². The van der Waals surface area contributed by atoms with Crippen LogP contribution >= 0.6 is 0 Å². The van der Waals surface area contributed by atoms with Crippen molar-refractivity contribution in [3.05, 3.63) is 42.2 Å². The van der Waals surface area contributed by atoms with Crippen molar-refractivity contribution >= 4 is 5.69 Å². The highest BCUT2D eigenvalue weighted by atomic mass is 19.1. The van der Waals surface area contributed by atoms with Crippen LogP contribution < -0.4 is 5.32 Å². The Morgan fingerprint density at radius 1 is 1.65 bits per heavy atom. The molecule has 0 aliphatic heterocycles. The molecule has 0 amide bonds. The zero-order valence-electron chi connectivity index (χ0n) is 9.74. The largest absolute Gasteiger partial charge is 0.380 e. The van der Waals surface area contributed by atoms with Gasteiger partial charge in [-0.05, 0) is 25.1 Å². The molecule has 4 heteroatoms. The maximum absolute atomic E-state index is 13.5. The molecule has 1 N–H and O–H groups in total. The lowest BCUT2D eigenvalue weighted by Gasteiger charge is -2.14. The van der Waals surface area contributed by atoms with Crippen LogP contribution in [0.3, 0.4) is 0 Å². The van der Waals surface area contributed by atoms with Crippen molar-refractivity contribution in [3.8, 4) is 6.07 Å². The fourth-order valence-electron chi connectivity index (χ4n) is 1.27. The SMILES string of the molecule is C=CCOC(C)CNc1ccc(C#N)cc1F. The second-order valence-corrected chi connectivity index (χ2v) is 3.62. The van der Waals surface area contributed by atoms with Crippen LogP contribution in [0.5, 0.6) is 0 Å². The van der Waals surface area contributed by atoms with Crippen molar-refractivity contribution in [2.24, 2.45) is 0 Å². The molecule has 90 valence electrons. The van der Waals surface area contributed by atoms with Gasteiger partial charge in [-0.2, -0.15) is 5.26 Å². The summed E-state index contributed by atoms with van der Waals surface area (Å²) in [6, 6.07) is 6.21. The van der Waals surface area contributed by atoms with Crippen LogP contribution in [0.2, 0.25) is 0 Å². The summed E-state index contributed by atoms with van der Waals surface area (Å²) >= 11 is 0. The van der Waals surface area contributed by atoms with E-state index in [4.69, 9.17) is 10.00 Å². The average molecular weight is 234 g/mol. The van der Waals surface area contributed by atoms with E-state index >= 15 is 0 Å². The molecule has 0 spiro atoms. The van der Waals surface area contributed by atoms with E-state index in [0.717, 1.165) is 0 Å². The van der Waals surface area contributed by atoms with Crippen LogP contribution in [0.15, 0.2) is 30.9 Å². The van der Waals surface area contributed by atoms with Crippen molar-refractivity contribution in [2.45, 2.75) is 13.0 Å². The highest BCUT2D eigenvalue weighted by molar-refractivity contribution is 5.48. The summed E-state index contributed by atoms with van der Waals surface area (Å²) in [5.41, 5.74) is 0.682. The van der Waals surface area contributed by atoms with Crippen LogP contribution in [0, 0.1) is 17.1 Å². The quantitative estimate of drug-likeness (QED) is 0.770. The number of rotatable bonds is 6. The Labute approximate surface area is 101 Å². The second-order valence-electron chi connectivity index (χ2n) is 3.62. The average Bonchev–Trinajstić information content (AvgIpc) is 2.34. The number of nitrogens with one attached hydrogen (secondary N) is 1. The molecule has 0 aliphatic carbocycles. The van der Waals surface area contributed by atoms with E-state index in [-0.39, 0.29) is 6.10 Å². The van der Waals surface area contributed by atoms with Gasteiger partial charge in [0.1, 0.15) is 5.82 Å². The number of nitrogens with zero attached hydrogens (tertiary/aromatic N) is 1. The highest BCUT2D eigenvalue weighted by Crippen LogP contribution is 2.15. The van der Waals surface area contributed by atoms with Gasteiger partial charge in [0.05, 0.1) is 30.0 Å². The highest BCUT2D eigenvalue weighted by Gasteiger charge is 2.05. The van der Waals surface area contributed by atoms with E-state index in [1.807, 2.05) is 13.0 Å². The first kappa shape index (κ1) is 13.2. The monoisotopic (exact) mass is 234 g/mol. The van der Waals surface area contributed by atoms with Gasteiger partial charge in [0.15, 0.2) is 0 Å². The number of benzene rings is 1. The standard InChI is InChI=1S/C13H15FN2O/c1-3-6-17-10(2)9-16-13-5-4-11(8-15)7-12(13)14/h3-5,7,10,16H,1,6,9H2,2H3. The third-order valence-electron chi connectivity index (χ3n) is 2.18. The molecule has 1 rings (SSSR count). The van der Waals surface area contributed by atoms with E-state index in [1.165, 1.54) is 6.07 Å². The van der Waals surface area contributed by atoms with Crippen LogP contribution in [0.1, 0.15) is 12.5 Å². The van der Waals surface area contributed by atoms with Gasteiger partial charge in [-0.15, -0.1) is 6.58 Å². The number of anilines is 1. The van der Waals surface area contributed by atoms with E-state index in [1.54, 1.807) is 18.2 Å². The number of hydrogen-bond acceptors (Lipinski definition) is 3. The fraction of sp³-hybridized carbons (Fsp3) is 0.308. The Bertz CT molecular complexity index is 426. The summed E-state index contributed by atoms with van der Waals surface area (Å²) in [4.78, 5) is 0. The van der Waals surface area contributed by atoms with Crippen LogP contribution in [0.25, 0.3) is 0 Å². The maximum Gasteiger partial charge on any atom is 0.147 e. The predicted molar refractivity (Wildman–Crippen MR) is 65.2 cm³/mol. The van der Waals surface area contributed by atoms with Gasteiger partial charge in [0.25, 0.3) is 0 Å². The Morgan fingerprint density at radius 3 is 3.00 bits per heavy atom. The lowest BCUT2D eigenvalue weighted by Crippen LogP contribution is -2.20. The molecule has 1 aromatic rings. The molecule has 0 saturated carbocycles. The van der Waals surface area contributed by atoms with Crippen molar-refractivity contribution < 1.29 is 9.13 Å². The molecule has 0 bridgehead atoms. The Morgan fingerprint density at radius 2 is 2.41 bits per heavy atom. The molecule has 0 heterocycles. The second kappa shape index (κ2) is 6.66. The Hall–Kier alpha value is -1.86. The molecule has 0 aromatic heterocycles. The minimum Gasteiger partial charge on any atom is -0.380 e. The van der Waals surface area contributed by atoms with Gasteiger partial charge >= 0.3 is 0 Å². The molecular weight excluding hydrogens is 219 g/mol. The minimum atomic E-state index is -0.431. The smallest absolute Gasteiger partial charge is 0.147 e. The van der Waals surface area contributed by atoms with Gasteiger partial charge < -0.3 is 10.1 Å². The lowest BCUT2D eigenvalue weighted by molar-refractivity contribution is 0.0979. The lowest BCUT2D eigenvalue weighted by atomic mass is 10.2. The predicted octanol–water partition coefficient (Wildman–Crippen LogP) is 2.70. The number of halogens is 1. The number of ether oxygens (including phenoxy) is 1. The molecule has 0 radical (unpaired) electrons. The van der Waals surface area contributed by atoms with Gasteiger partial charge in [0.2, 0.25) is 0 Å². The third kappa shape index (κ3) is 4.25. The fourth-order valence-corrected chi connectivity index (χ4v) is 1.27. The van der Waals surface area contributed by atoms with Gasteiger partial charge in [-0.1, -0.05) is 6.08 Å². The van der Waals surface area contributed by atoms with E-state index in [0.29, 0.717) is 24.4 Å². The zero-order valence-corrected chi connectivity index (χ0v) is 9.74. The molecule has 3 nitrogen and oxygen atoms in total. The van der Waals surface area contributed by atoms with E-state index in [2.05, 4.69) is 11.9 Å². The zero-order chi connectivity index (χ0) is 12.7. The third-order valence-corrected chi connectivity index (χ3v) is 2.18. The summed E-state index contributed by atoms with van der Waals surface area (Å²) in [5, 5.41) is 11.5. The summed E-state index contributed by atoms with van der Waals surface area (Å²) in [5.74, 6) is -0.431. The first-order valence-corrected chi connectivity index (χ1v) is 5.33. The number of hydrogen-bond donors (Lipinski definition) is 1. The topological polar surface area (TPSA) is 45.0 Å².